The van der Waals surface area contributed by atoms with Crippen molar-refractivity contribution in [2.45, 2.75) is 398 Å². The number of aliphatic hydroxyl groups is 1. The highest BCUT2D eigenvalue weighted by atomic mass is 31.2. The summed E-state index contributed by atoms with van der Waals surface area (Å²) in [6.45, 7) is 4.84. The van der Waals surface area contributed by atoms with Crippen LogP contribution in [0.2, 0.25) is 0 Å². The molecular formula is C77H150N2O6P+. The van der Waals surface area contributed by atoms with E-state index < -0.39 is 20.0 Å². The summed E-state index contributed by atoms with van der Waals surface area (Å²) in [5, 5.41) is 14.2. The fourth-order valence-corrected chi connectivity index (χ4v) is 12.5. The first-order valence-electron chi connectivity index (χ1n) is 38.0. The number of amides is 1. The van der Waals surface area contributed by atoms with Gasteiger partial charge in [-0.15, -0.1) is 0 Å². The number of hydrogen-bond donors (Lipinski definition) is 3. The van der Waals surface area contributed by atoms with Crippen molar-refractivity contribution in [3.63, 3.8) is 0 Å². The molecule has 0 aromatic carbocycles. The Morgan fingerprint density at radius 2 is 0.698 bits per heavy atom. The van der Waals surface area contributed by atoms with E-state index in [-0.39, 0.29) is 19.1 Å². The highest BCUT2D eigenvalue weighted by Crippen LogP contribution is 2.43. The molecule has 3 atom stereocenters. The Morgan fingerprint density at radius 1 is 0.407 bits per heavy atom. The van der Waals surface area contributed by atoms with Gasteiger partial charge in [-0.1, -0.05) is 377 Å². The molecule has 0 fully saturated rings. The molecule has 86 heavy (non-hydrogen) atoms. The van der Waals surface area contributed by atoms with Crippen LogP contribution in [-0.2, 0) is 18.4 Å². The predicted molar refractivity (Wildman–Crippen MR) is 378 cm³/mol. The third-order valence-corrected chi connectivity index (χ3v) is 18.6. The van der Waals surface area contributed by atoms with Gasteiger partial charge < -0.3 is 19.8 Å². The Kier molecular flexibility index (Phi) is 66.6. The van der Waals surface area contributed by atoms with Crippen LogP contribution >= 0.6 is 7.82 Å². The average molecular weight is 1230 g/mol. The zero-order valence-corrected chi connectivity index (χ0v) is 59.2. The van der Waals surface area contributed by atoms with Crippen molar-refractivity contribution in [2.75, 3.05) is 40.9 Å². The standard InChI is InChI=1S/C77H149N2O6P/c1-6-8-10-12-14-16-18-20-22-24-26-28-30-32-34-35-36-37-38-39-40-41-42-43-45-47-49-51-53-55-57-59-61-63-65-67-69-71-77(81)78-75(74-85-86(82,83)84-73-72-79(3,4)5)76(80)70-68-66-64-62-60-58-56-54-52-50-48-46-44-33-31-29-27-25-23-21-19-17-15-13-11-9-7-2/h8,10,14,16,20,22,26,28,75-76,80H,6-7,9,11-13,15,17-19,21,23-25,27,29-74H2,1-5H3,(H-,78,81,82,83)/p+1/b10-8-,16-14-,22-20-,28-26-. The van der Waals surface area contributed by atoms with E-state index in [4.69, 9.17) is 9.05 Å². The van der Waals surface area contributed by atoms with E-state index in [2.05, 4.69) is 67.8 Å². The van der Waals surface area contributed by atoms with E-state index in [0.29, 0.717) is 23.9 Å². The summed E-state index contributed by atoms with van der Waals surface area (Å²) in [5.74, 6) is -0.135. The van der Waals surface area contributed by atoms with Gasteiger partial charge in [-0.05, 0) is 51.4 Å². The number of allylic oxidation sites excluding steroid dienone is 8. The minimum Gasteiger partial charge on any atom is -0.391 e. The Bertz CT molecular complexity index is 1540. The van der Waals surface area contributed by atoms with Gasteiger partial charge in [-0.2, -0.15) is 0 Å². The van der Waals surface area contributed by atoms with Crippen LogP contribution in [0.4, 0.5) is 0 Å². The fraction of sp³-hybridized carbons (Fsp3) is 0.883. The number of carbonyl (C=O) groups excluding carboxylic acids is 1. The summed E-state index contributed by atoms with van der Waals surface area (Å²) in [6.07, 6.45) is 92.4. The number of phosphoric ester groups is 1. The Labute approximate surface area is 537 Å². The van der Waals surface area contributed by atoms with E-state index in [1.165, 1.54) is 295 Å². The lowest BCUT2D eigenvalue weighted by atomic mass is 10.0. The molecule has 1 amide bonds. The largest absolute Gasteiger partial charge is 0.472 e. The molecular weight excluding hydrogens is 1080 g/mol. The topological polar surface area (TPSA) is 105 Å². The molecule has 0 saturated heterocycles. The van der Waals surface area contributed by atoms with E-state index >= 15 is 0 Å². The van der Waals surface area contributed by atoms with E-state index in [0.717, 1.165) is 64.2 Å². The predicted octanol–water partition coefficient (Wildman–Crippen LogP) is 24.6. The van der Waals surface area contributed by atoms with Gasteiger partial charge in [0.15, 0.2) is 0 Å². The van der Waals surface area contributed by atoms with Crippen molar-refractivity contribution < 1.29 is 32.9 Å². The molecule has 508 valence electrons. The molecule has 0 aliphatic carbocycles. The molecule has 0 rings (SSSR count). The van der Waals surface area contributed by atoms with Crippen LogP contribution < -0.4 is 5.32 Å². The minimum atomic E-state index is -4.33. The van der Waals surface area contributed by atoms with Crippen molar-refractivity contribution in [2.24, 2.45) is 0 Å². The molecule has 9 heteroatoms. The number of nitrogens with one attached hydrogen (secondary N) is 1. The molecule has 8 nitrogen and oxygen atoms in total. The number of rotatable bonds is 71. The lowest BCUT2D eigenvalue weighted by Crippen LogP contribution is -2.46. The zero-order valence-electron chi connectivity index (χ0n) is 58.3. The second-order valence-corrected chi connectivity index (χ2v) is 28.8. The van der Waals surface area contributed by atoms with Gasteiger partial charge in [0.2, 0.25) is 5.91 Å². The van der Waals surface area contributed by atoms with Crippen molar-refractivity contribution >= 4 is 13.7 Å². The van der Waals surface area contributed by atoms with Crippen LogP contribution in [0.1, 0.15) is 386 Å². The maximum absolute atomic E-state index is 13.1. The van der Waals surface area contributed by atoms with Crippen LogP contribution in [0.3, 0.4) is 0 Å². The maximum Gasteiger partial charge on any atom is 0.472 e. The monoisotopic (exact) mass is 1230 g/mol. The molecule has 0 saturated carbocycles. The number of hydrogen-bond acceptors (Lipinski definition) is 5. The molecule has 0 heterocycles. The molecule has 0 aliphatic rings. The van der Waals surface area contributed by atoms with Crippen LogP contribution in [0.15, 0.2) is 48.6 Å². The molecule has 0 aromatic heterocycles. The van der Waals surface area contributed by atoms with E-state index in [9.17, 15) is 19.4 Å². The lowest BCUT2D eigenvalue weighted by Gasteiger charge is -2.26. The van der Waals surface area contributed by atoms with Crippen molar-refractivity contribution in [1.29, 1.82) is 0 Å². The SMILES string of the molecule is CC/C=C\C/C=C\C/C=C\C/C=C\CCCCCCCCCCCCCCCCCCCCCCCCCCC(=O)NC(COP(=O)(O)OCC[N+](C)(C)C)C(O)CCCCCCCCCCCCCCCCCCCCCCCCCCCCC. The Hall–Kier alpha value is -1.54. The summed E-state index contributed by atoms with van der Waals surface area (Å²) >= 11 is 0. The van der Waals surface area contributed by atoms with Gasteiger partial charge in [0.1, 0.15) is 13.2 Å². The number of carbonyl (C=O) groups is 1. The smallest absolute Gasteiger partial charge is 0.391 e. The Morgan fingerprint density at radius 3 is 1.02 bits per heavy atom. The van der Waals surface area contributed by atoms with Crippen LogP contribution in [0.25, 0.3) is 0 Å². The number of phosphoric acid groups is 1. The molecule has 0 aromatic rings. The summed E-state index contributed by atoms with van der Waals surface area (Å²) in [5.41, 5.74) is 0. The first-order chi connectivity index (χ1) is 42.0. The van der Waals surface area contributed by atoms with Gasteiger partial charge in [0.05, 0.1) is 39.9 Å². The normalized spacial score (nSPS) is 13.8. The van der Waals surface area contributed by atoms with Crippen molar-refractivity contribution in [3.8, 4) is 0 Å². The zero-order chi connectivity index (χ0) is 62.6. The van der Waals surface area contributed by atoms with Gasteiger partial charge in [-0.25, -0.2) is 4.57 Å². The second kappa shape index (κ2) is 67.8. The van der Waals surface area contributed by atoms with Gasteiger partial charge in [0, 0.05) is 6.42 Å². The highest BCUT2D eigenvalue weighted by molar-refractivity contribution is 7.47. The van der Waals surface area contributed by atoms with Crippen LogP contribution in [0, 0.1) is 0 Å². The van der Waals surface area contributed by atoms with Gasteiger partial charge in [0.25, 0.3) is 0 Å². The summed E-state index contributed by atoms with van der Waals surface area (Å²) in [4.78, 5) is 23.5. The quantitative estimate of drug-likeness (QED) is 0.0243. The molecule has 0 radical (unpaired) electrons. The van der Waals surface area contributed by atoms with Gasteiger partial charge in [-0.3, -0.25) is 13.8 Å². The number of quaternary nitrogens is 1. The third-order valence-electron chi connectivity index (χ3n) is 17.6. The first kappa shape index (κ1) is 84.5. The second-order valence-electron chi connectivity index (χ2n) is 27.4. The molecule has 0 aliphatic heterocycles. The van der Waals surface area contributed by atoms with Crippen molar-refractivity contribution in [1.82, 2.24) is 5.32 Å². The lowest BCUT2D eigenvalue weighted by molar-refractivity contribution is -0.870. The summed E-state index contributed by atoms with van der Waals surface area (Å²) in [7, 11) is 1.64. The van der Waals surface area contributed by atoms with Crippen LogP contribution in [0.5, 0.6) is 0 Å². The summed E-state index contributed by atoms with van der Waals surface area (Å²) in [6, 6.07) is -0.761. The molecule has 3 N–H and O–H groups in total. The number of nitrogens with zero attached hydrogens (tertiary/aromatic N) is 1. The van der Waals surface area contributed by atoms with Crippen LogP contribution in [-0.4, -0.2) is 73.4 Å². The number of likely N-dealkylation sites (N-methyl/N-ethyl adjacent to an activating group) is 1. The number of unbranched alkanes of at least 4 members (excludes halogenated alkanes) is 50. The Balaban J connectivity index is 3.93. The molecule has 0 bridgehead atoms. The summed E-state index contributed by atoms with van der Waals surface area (Å²) < 4.78 is 23.9. The maximum atomic E-state index is 13.1. The highest BCUT2D eigenvalue weighted by Gasteiger charge is 2.28. The van der Waals surface area contributed by atoms with E-state index in [1.807, 2.05) is 21.1 Å². The minimum absolute atomic E-state index is 0.0770. The molecule has 3 unspecified atom stereocenters. The molecule has 0 spiro atoms. The number of aliphatic hydroxyl groups excluding tert-OH is 1. The van der Waals surface area contributed by atoms with Gasteiger partial charge >= 0.3 is 7.82 Å². The third kappa shape index (κ3) is 69.9. The first-order valence-corrected chi connectivity index (χ1v) is 39.5. The van der Waals surface area contributed by atoms with Crippen molar-refractivity contribution in [3.05, 3.63) is 48.6 Å². The fourth-order valence-electron chi connectivity index (χ4n) is 11.8. The van der Waals surface area contributed by atoms with E-state index in [1.54, 1.807) is 0 Å². The average Bonchev–Trinajstić information content (AvgIpc) is 3.70.